The Bertz CT molecular complexity index is 870. The SMILES string of the molecule is O=S1(=O)CC(Cl)C(NC(=S)Nc2nc(-c3ccccc3Cl)cs2)C1. The highest BCUT2D eigenvalue weighted by Crippen LogP contribution is 2.30. The van der Waals surface area contributed by atoms with E-state index in [0.717, 1.165) is 11.3 Å². The Hall–Kier alpha value is -0.930. The fourth-order valence-electron chi connectivity index (χ4n) is 2.36. The quantitative estimate of drug-likeness (QED) is 0.585. The van der Waals surface area contributed by atoms with Gasteiger partial charge >= 0.3 is 0 Å². The first kappa shape index (κ1) is 17.9. The van der Waals surface area contributed by atoms with Crippen molar-refractivity contribution in [3.8, 4) is 11.3 Å². The summed E-state index contributed by atoms with van der Waals surface area (Å²) in [7, 11) is -3.11. The van der Waals surface area contributed by atoms with Crippen LogP contribution in [0.2, 0.25) is 5.02 Å². The molecule has 2 aromatic rings. The Balaban J connectivity index is 1.65. The van der Waals surface area contributed by atoms with Gasteiger partial charge in [0.05, 0.1) is 28.6 Å². The normalized spacial score (nSPS) is 22.2. The number of rotatable bonds is 3. The monoisotopic (exact) mass is 421 g/mol. The number of thiazole rings is 1. The van der Waals surface area contributed by atoms with E-state index >= 15 is 0 Å². The molecule has 5 nitrogen and oxygen atoms in total. The molecule has 1 aromatic carbocycles. The summed E-state index contributed by atoms with van der Waals surface area (Å²) in [5.41, 5.74) is 1.58. The molecule has 2 unspecified atom stereocenters. The van der Waals surface area contributed by atoms with Gasteiger partial charge in [-0.1, -0.05) is 29.8 Å². The van der Waals surface area contributed by atoms with E-state index in [1.165, 1.54) is 11.3 Å². The van der Waals surface area contributed by atoms with Gasteiger partial charge in [-0.25, -0.2) is 13.4 Å². The first-order chi connectivity index (χ1) is 11.3. The average molecular weight is 422 g/mol. The van der Waals surface area contributed by atoms with Gasteiger partial charge in [0.15, 0.2) is 20.1 Å². The number of anilines is 1. The zero-order valence-corrected chi connectivity index (χ0v) is 16.2. The maximum atomic E-state index is 11.6. The van der Waals surface area contributed by atoms with Gasteiger partial charge in [-0.2, -0.15) is 0 Å². The minimum absolute atomic E-state index is 0.0221. The van der Waals surface area contributed by atoms with E-state index in [2.05, 4.69) is 15.6 Å². The number of nitrogens with one attached hydrogen (secondary N) is 2. The van der Waals surface area contributed by atoms with E-state index in [0.29, 0.717) is 15.3 Å². The molecule has 24 heavy (non-hydrogen) atoms. The van der Waals surface area contributed by atoms with Crippen LogP contribution in [0.5, 0.6) is 0 Å². The summed E-state index contributed by atoms with van der Waals surface area (Å²) in [5, 5.41) is 8.78. The van der Waals surface area contributed by atoms with Crippen LogP contribution in [0.15, 0.2) is 29.6 Å². The number of thiocarbonyl (C=S) groups is 1. The summed E-state index contributed by atoms with van der Waals surface area (Å²) in [4.78, 5) is 4.45. The van der Waals surface area contributed by atoms with E-state index in [1.54, 1.807) is 6.07 Å². The van der Waals surface area contributed by atoms with E-state index in [-0.39, 0.29) is 11.5 Å². The summed E-state index contributed by atoms with van der Waals surface area (Å²) in [5.74, 6) is -0.0610. The van der Waals surface area contributed by atoms with Crippen molar-refractivity contribution in [2.45, 2.75) is 11.4 Å². The summed E-state index contributed by atoms with van der Waals surface area (Å²) in [6.45, 7) is 0. The summed E-state index contributed by atoms with van der Waals surface area (Å²) < 4.78 is 23.1. The molecule has 2 atom stereocenters. The van der Waals surface area contributed by atoms with Crippen LogP contribution in [0.1, 0.15) is 0 Å². The van der Waals surface area contributed by atoms with E-state index in [4.69, 9.17) is 35.4 Å². The molecule has 3 rings (SSSR count). The first-order valence-corrected chi connectivity index (χ1v) is 10.9. The first-order valence-electron chi connectivity index (χ1n) is 6.96. The van der Waals surface area contributed by atoms with Crippen LogP contribution in [0, 0.1) is 0 Å². The van der Waals surface area contributed by atoms with Crippen LogP contribution in [0.4, 0.5) is 5.13 Å². The Morgan fingerprint density at radius 3 is 2.75 bits per heavy atom. The minimum Gasteiger partial charge on any atom is -0.357 e. The molecule has 0 amide bonds. The topological polar surface area (TPSA) is 71.1 Å². The summed E-state index contributed by atoms with van der Waals surface area (Å²) in [6.07, 6.45) is 0. The van der Waals surface area contributed by atoms with Gasteiger partial charge < -0.3 is 10.6 Å². The molecule has 1 saturated heterocycles. The number of hydrogen-bond acceptors (Lipinski definition) is 5. The molecule has 1 aliphatic heterocycles. The van der Waals surface area contributed by atoms with Crippen LogP contribution in [0.25, 0.3) is 11.3 Å². The Kier molecular flexibility index (Phi) is 5.31. The maximum Gasteiger partial charge on any atom is 0.189 e. The highest BCUT2D eigenvalue weighted by molar-refractivity contribution is 7.91. The fourth-order valence-corrected chi connectivity index (χ4v) is 6.17. The minimum atomic E-state index is -3.11. The lowest BCUT2D eigenvalue weighted by molar-refractivity contribution is 0.600. The fraction of sp³-hybridized carbons (Fsp3) is 0.286. The number of halogens is 2. The third kappa shape index (κ3) is 4.18. The van der Waals surface area contributed by atoms with Crippen LogP contribution in [-0.2, 0) is 9.84 Å². The van der Waals surface area contributed by atoms with Gasteiger partial charge in [0, 0.05) is 16.0 Å². The maximum absolute atomic E-state index is 11.6. The number of hydrogen-bond donors (Lipinski definition) is 2. The highest BCUT2D eigenvalue weighted by Gasteiger charge is 2.36. The molecule has 1 aliphatic rings. The van der Waals surface area contributed by atoms with Crippen molar-refractivity contribution >= 4 is 66.8 Å². The number of sulfone groups is 1. The largest absolute Gasteiger partial charge is 0.357 e. The Morgan fingerprint density at radius 2 is 2.08 bits per heavy atom. The van der Waals surface area contributed by atoms with Crippen molar-refractivity contribution in [2.75, 3.05) is 16.8 Å². The molecule has 128 valence electrons. The number of benzene rings is 1. The Morgan fingerprint density at radius 1 is 1.33 bits per heavy atom. The standard InChI is InChI=1S/C14H13Cl2N3O2S3/c15-9-4-2-1-3-8(9)11-5-23-14(18-11)19-13(22)17-12-7-24(20,21)6-10(12)16/h1-5,10,12H,6-7H2,(H2,17,18,19,22). The molecule has 0 aliphatic carbocycles. The predicted molar refractivity (Wildman–Crippen MR) is 104 cm³/mol. The molecule has 1 aromatic heterocycles. The van der Waals surface area contributed by atoms with Gasteiger partial charge in [0.2, 0.25) is 0 Å². The number of alkyl halides is 1. The van der Waals surface area contributed by atoms with Gasteiger partial charge in [-0.05, 0) is 18.3 Å². The van der Waals surface area contributed by atoms with Gasteiger partial charge in [-0.3, -0.25) is 0 Å². The smallest absolute Gasteiger partial charge is 0.189 e. The van der Waals surface area contributed by atoms with Crippen molar-refractivity contribution in [1.82, 2.24) is 10.3 Å². The molecular formula is C14H13Cl2N3O2S3. The molecule has 0 spiro atoms. The average Bonchev–Trinajstić information content (AvgIpc) is 3.03. The second-order valence-corrected chi connectivity index (χ2v) is 9.70. The lowest BCUT2D eigenvalue weighted by Crippen LogP contribution is -2.42. The molecule has 2 N–H and O–H groups in total. The number of nitrogens with zero attached hydrogens (tertiary/aromatic N) is 1. The lowest BCUT2D eigenvalue weighted by atomic mass is 10.2. The second kappa shape index (κ2) is 7.13. The molecule has 1 fully saturated rings. The van der Waals surface area contributed by atoms with Crippen molar-refractivity contribution in [3.63, 3.8) is 0 Å². The van der Waals surface area contributed by atoms with E-state index in [1.807, 2.05) is 23.6 Å². The van der Waals surface area contributed by atoms with Crippen LogP contribution < -0.4 is 10.6 Å². The van der Waals surface area contributed by atoms with Crippen LogP contribution in [-0.4, -0.2) is 41.4 Å². The molecule has 0 saturated carbocycles. The van der Waals surface area contributed by atoms with Crippen LogP contribution in [0.3, 0.4) is 0 Å². The van der Waals surface area contributed by atoms with Crippen LogP contribution >= 0.6 is 46.8 Å². The van der Waals surface area contributed by atoms with Crippen molar-refractivity contribution in [1.29, 1.82) is 0 Å². The molecular weight excluding hydrogens is 409 g/mol. The molecule has 10 heteroatoms. The third-order valence-electron chi connectivity index (χ3n) is 3.47. The third-order valence-corrected chi connectivity index (χ3v) is 7.16. The zero-order valence-electron chi connectivity index (χ0n) is 12.2. The Labute approximate surface area is 159 Å². The number of aromatic nitrogens is 1. The second-order valence-electron chi connectivity index (χ2n) is 5.32. The highest BCUT2D eigenvalue weighted by atomic mass is 35.5. The van der Waals surface area contributed by atoms with E-state index in [9.17, 15) is 8.42 Å². The van der Waals surface area contributed by atoms with Gasteiger partial charge in [-0.15, -0.1) is 22.9 Å². The van der Waals surface area contributed by atoms with Gasteiger partial charge in [0.25, 0.3) is 0 Å². The van der Waals surface area contributed by atoms with Crippen molar-refractivity contribution in [3.05, 3.63) is 34.7 Å². The van der Waals surface area contributed by atoms with E-state index < -0.39 is 21.3 Å². The summed E-state index contributed by atoms with van der Waals surface area (Å²) in [6, 6.07) is 7.03. The summed E-state index contributed by atoms with van der Waals surface area (Å²) >= 11 is 18.8. The van der Waals surface area contributed by atoms with Crippen molar-refractivity contribution in [2.24, 2.45) is 0 Å². The zero-order chi connectivity index (χ0) is 17.3. The van der Waals surface area contributed by atoms with Gasteiger partial charge in [0.1, 0.15) is 0 Å². The molecule has 2 heterocycles. The molecule has 0 radical (unpaired) electrons. The molecule has 0 bridgehead atoms. The predicted octanol–water partition coefficient (Wildman–Crippen LogP) is 3.15. The van der Waals surface area contributed by atoms with Crippen molar-refractivity contribution < 1.29 is 8.42 Å². The lowest BCUT2D eigenvalue weighted by Gasteiger charge is -2.16.